The summed E-state index contributed by atoms with van der Waals surface area (Å²) in [7, 11) is -2.47. The molecule has 0 radical (unpaired) electrons. The van der Waals surface area contributed by atoms with Gasteiger partial charge < -0.3 is 18.1 Å². The topological polar surface area (TPSA) is 62.9 Å². The summed E-state index contributed by atoms with van der Waals surface area (Å²) in [6.45, 7) is 8.15. The van der Waals surface area contributed by atoms with E-state index in [9.17, 15) is 0 Å². The summed E-state index contributed by atoms with van der Waals surface area (Å²) in [5.74, 6) is 4.97. The van der Waals surface area contributed by atoms with E-state index in [2.05, 4.69) is 4.84 Å². The highest BCUT2D eigenvalue weighted by atomic mass is 35.5. The molecule has 0 aromatic carbocycles. The third-order valence-electron chi connectivity index (χ3n) is 1.84. The molecular weight excluding hydrogens is 250 g/mol. The van der Waals surface area contributed by atoms with Crippen molar-refractivity contribution >= 4 is 21.2 Å². The SMILES string of the molecule is CCO[Si](CCCON)(OCC)OCC.Cl. The third-order valence-corrected chi connectivity index (χ3v) is 4.99. The van der Waals surface area contributed by atoms with Gasteiger partial charge in [0.15, 0.2) is 0 Å². The molecule has 0 aromatic rings. The summed E-state index contributed by atoms with van der Waals surface area (Å²) in [5, 5.41) is 0. The van der Waals surface area contributed by atoms with Crippen LogP contribution in [0.1, 0.15) is 27.2 Å². The Morgan fingerprint density at radius 1 is 0.938 bits per heavy atom. The zero-order valence-electron chi connectivity index (χ0n) is 10.4. The van der Waals surface area contributed by atoms with Gasteiger partial charge in [-0.3, -0.25) is 0 Å². The maximum Gasteiger partial charge on any atom is 0.501 e. The van der Waals surface area contributed by atoms with E-state index >= 15 is 0 Å². The van der Waals surface area contributed by atoms with Crippen LogP contribution in [0.15, 0.2) is 0 Å². The van der Waals surface area contributed by atoms with Gasteiger partial charge in [-0.2, -0.15) is 0 Å². The molecule has 0 aliphatic rings. The number of halogens is 1. The fourth-order valence-electron chi connectivity index (χ4n) is 1.37. The van der Waals surface area contributed by atoms with E-state index < -0.39 is 8.80 Å². The average molecular weight is 274 g/mol. The molecule has 0 aliphatic carbocycles. The van der Waals surface area contributed by atoms with Gasteiger partial charge in [0, 0.05) is 25.9 Å². The summed E-state index contributed by atoms with van der Waals surface area (Å²) < 4.78 is 17.0. The van der Waals surface area contributed by atoms with Crippen LogP contribution in [0.5, 0.6) is 0 Å². The highest BCUT2D eigenvalue weighted by Gasteiger charge is 2.39. The van der Waals surface area contributed by atoms with E-state index in [0.717, 1.165) is 12.5 Å². The van der Waals surface area contributed by atoms with Gasteiger partial charge in [-0.1, -0.05) is 0 Å². The van der Waals surface area contributed by atoms with Crippen LogP contribution in [0.25, 0.3) is 0 Å². The first-order valence-corrected chi connectivity index (χ1v) is 7.41. The molecule has 0 amide bonds. The van der Waals surface area contributed by atoms with Crippen molar-refractivity contribution in [3.8, 4) is 0 Å². The molecule has 0 atom stereocenters. The van der Waals surface area contributed by atoms with E-state index in [-0.39, 0.29) is 12.4 Å². The van der Waals surface area contributed by atoms with Crippen molar-refractivity contribution in [1.29, 1.82) is 0 Å². The number of nitrogens with two attached hydrogens (primary N) is 1. The average Bonchev–Trinajstić information content (AvgIpc) is 2.19. The lowest BCUT2D eigenvalue weighted by Gasteiger charge is -2.28. The highest BCUT2D eigenvalue weighted by molar-refractivity contribution is 6.60. The van der Waals surface area contributed by atoms with Crippen molar-refractivity contribution in [2.24, 2.45) is 5.90 Å². The van der Waals surface area contributed by atoms with Crippen LogP contribution >= 0.6 is 12.4 Å². The smallest absolute Gasteiger partial charge is 0.374 e. The molecule has 0 bridgehead atoms. The molecule has 0 aliphatic heterocycles. The summed E-state index contributed by atoms with van der Waals surface area (Å²) in [5.41, 5.74) is 0. The second-order valence-electron chi connectivity index (χ2n) is 2.96. The molecule has 5 nitrogen and oxygen atoms in total. The predicted molar refractivity (Wildman–Crippen MR) is 67.4 cm³/mol. The van der Waals surface area contributed by atoms with Crippen LogP contribution in [0.3, 0.4) is 0 Å². The summed E-state index contributed by atoms with van der Waals surface area (Å²) >= 11 is 0. The van der Waals surface area contributed by atoms with Crippen molar-refractivity contribution in [2.45, 2.75) is 33.2 Å². The fraction of sp³-hybridized carbons (Fsp3) is 1.00. The quantitative estimate of drug-likeness (QED) is 0.373. The first-order valence-electron chi connectivity index (χ1n) is 5.48. The van der Waals surface area contributed by atoms with E-state index in [1.54, 1.807) is 0 Å². The van der Waals surface area contributed by atoms with Gasteiger partial charge in [-0.05, 0) is 27.2 Å². The van der Waals surface area contributed by atoms with Crippen LogP contribution in [-0.4, -0.2) is 35.2 Å². The zero-order chi connectivity index (χ0) is 11.6. The molecule has 0 fully saturated rings. The van der Waals surface area contributed by atoms with Crippen LogP contribution in [0.2, 0.25) is 6.04 Å². The Morgan fingerprint density at radius 2 is 1.38 bits per heavy atom. The van der Waals surface area contributed by atoms with Crippen LogP contribution in [0.4, 0.5) is 0 Å². The lowest BCUT2D eigenvalue weighted by atomic mass is 10.5. The lowest BCUT2D eigenvalue weighted by Crippen LogP contribution is -2.46. The number of hydrogen-bond donors (Lipinski definition) is 1. The normalized spacial score (nSPS) is 11.2. The molecular formula is C9H24ClNO4Si. The highest BCUT2D eigenvalue weighted by Crippen LogP contribution is 2.17. The maximum absolute atomic E-state index is 5.66. The second kappa shape index (κ2) is 11.8. The number of rotatable bonds is 10. The molecule has 16 heavy (non-hydrogen) atoms. The van der Waals surface area contributed by atoms with Crippen LogP contribution < -0.4 is 5.90 Å². The lowest BCUT2D eigenvalue weighted by molar-refractivity contribution is 0.0660. The Labute approximate surface area is 105 Å². The standard InChI is InChI=1S/C9H23NO4Si.ClH/c1-4-12-15(13-5-2,14-6-3)9-7-8-11-10;/h4-10H2,1-3H3;1H. The third kappa shape index (κ3) is 7.56. The Balaban J connectivity index is 0. The van der Waals surface area contributed by atoms with Gasteiger partial charge in [-0.25, -0.2) is 5.90 Å². The minimum Gasteiger partial charge on any atom is -0.374 e. The summed E-state index contributed by atoms with van der Waals surface area (Å²) in [6, 6.07) is 0.750. The Kier molecular flexibility index (Phi) is 13.7. The zero-order valence-corrected chi connectivity index (χ0v) is 12.2. The van der Waals surface area contributed by atoms with Crippen molar-refractivity contribution < 1.29 is 18.1 Å². The van der Waals surface area contributed by atoms with Gasteiger partial charge >= 0.3 is 8.80 Å². The van der Waals surface area contributed by atoms with E-state index in [4.69, 9.17) is 19.2 Å². The van der Waals surface area contributed by atoms with E-state index in [0.29, 0.717) is 26.4 Å². The first kappa shape index (κ1) is 18.7. The van der Waals surface area contributed by atoms with Gasteiger partial charge in [-0.15, -0.1) is 12.4 Å². The largest absolute Gasteiger partial charge is 0.501 e. The minimum absolute atomic E-state index is 0. The molecule has 0 spiro atoms. The Hall–Kier alpha value is 0.307. The van der Waals surface area contributed by atoms with Gasteiger partial charge in [0.25, 0.3) is 0 Å². The van der Waals surface area contributed by atoms with Gasteiger partial charge in [0.1, 0.15) is 0 Å². The fourth-order valence-corrected chi connectivity index (χ4v) is 3.95. The van der Waals surface area contributed by atoms with Crippen LogP contribution in [0, 0.1) is 0 Å². The predicted octanol–water partition coefficient (Wildman–Crippen LogP) is 1.74. The molecule has 0 saturated carbocycles. The molecule has 0 heterocycles. The monoisotopic (exact) mass is 273 g/mol. The molecule has 2 N–H and O–H groups in total. The molecule has 0 aromatic heterocycles. The van der Waals surface area contributed by atoms with Crippen molar-refractivity contribution in [1.82, 2.24) is 0 Å². The van der Waals surface area contributed by atoms with Crippen molar-refractivity contribution in [2.75, 3.05) is 26.4 Å². The maximum atomic E-state index is 5.66. The van der Waals surface area contributed by atoms with Crippen molar-refractivity contribution in [3.63, 3.8) is 0 Å². The summed E-state index contributed by atoms with van der Waals surface area (Å²) in [6.07, 6.45) is 0.794. The molecule has 0 saturated heterocycles. The second-order valence-corrected chi connectivity index (χ2v) is 5.69. The molecule has 0 unspecified atom stereocenters. The van der Waals surface area contributed by atoms with E-state index in [1.165, 1.54) is 0 Å². The molecule has 7 heteroatoms. The molecule has 100 valence electrons. The van der Waals surface area contributed by atoms with Gasteiger partial charge in [0.2, 0.25) is 0 Å². The summed E-state index contributed by atoms with van der Waals surface area (Å²) in [4.78, 5) is 4.53. The van der Waals surface area contributed by atoms with Gasteiger partial charge in [0.05, 0.1) is 6.61 Å². The van der Waals surface area contributed by atoms with Crippen LogP contribution in [-0.2, 0) is 18.1 Å². The van der Waals surface area contributed by atoms with E-state index in [1.807, 2.05) is 20.8 Å². The Bertz CT molecular complexity index is 136. The molecule has 0 rings (SSSR count). The minimum atomic E-state index is -2.47. The van der Waals surface area contributed by atoms with Crippen molar-refractivity contribution in [3.05, 3.63) is 0 Å². The number of hydrogen-bond acceptors (Lipinski definition) is 5. The first-order chi connectivity index (χ1) is 7.24. The Morgan fingerprint density at radius 3 is 1.69 bits per heavy atom.